The molecular weight excluding hydrogens is 284 g/mol. The Morgan fingerprint density at radius 3 is 2.67 bits per heavy atom. The van der Waals surface area contributed by atoms with Crippen molar-refractivity contribution < 1.29 is 0 Å². The first-order valence-electron chi connectivity index (χ1n) is 8.78. The summed E-state index contributed by atoms with van der Waals surface area (Å²) in [5, 5.41) is 7.00. The number of nitrogens with zero attached hydrogens (tertiary/aromatic N) is 2. The molecule has 5 heteroatoms. The number of rotatable bonds is 3. The minimum absolute atomic E-state index is 0.0914. The van der Waals surface area contributed by atoms with E-state index in [9.17, 15) is 0 Å². The smallest absolute Gasteiger partial charge is 0.136 e. The van der Waals surface area contributed by atoms with Crippen LogP contribution in [0.25, 0.3) is 0 Å². The van der Waals surface area contributed by atoms with Gasteiger partial charge < -0.3 is 0 Å². The molecular formula is C16H31ClN4. The van der Waals surface area contributed by atoms with E-state index in [1.165, 1.54) is 51.6 Å². The minimum atomic E-state index is -0.0914. The second-order valence-electron chi connectivity index (χ2n) is 7.18. The Hall–Kier alpha value is 0.130. The fourth-order valence-electron chi connectivity index (χ4n) is 4.58. The molecule has 0 aromatic rings. The molecule has 2 aliphatic heterocycles. The highest BCUT2D eigenvalue weighted by molar-refractivity contribution is 6.20. The Bertz CT molecular complexity index is 334. The molecule has 2 N–H and O–H groups in total. The highest BCUT2D eigenvalue weighted by Crippen LogP contribution is 2.31. The summed E-state index contributed by atoms with van der Waals surface area (Å²) in [5.74, 6) is 0.793. The van der Waals surface area contributed by atoms with Gasteiger partial charge in [-0.05, 0) is 32.2 Å². The SMILES string of the molecule is CCCC1CN(C)C2CNC(Cl)NC2N(C2CCCC2)C1. The number of alkyl halides is 1. The molecule has 0 amide bonds. The molecule has 21 heavy (non-hydrogen) atoms. The van der Waals surface area contributed by atoms with Gasteiger partial charge in [0.05, 0.1) is 12.2 Å². The molecule has 122 valence electrons. The summed E-state index contributed by atoms with van der Waals surface area (Å²) >= 11 is 6.34. The summed E-state index contributed by atoms with van der Waals surface area (Å²) in [6.07, 6.45) is 8.57. The third-order valence-electron chi connectivity index (χ3n) is 5.62. The van der Waals surface area contributed by atoms with E-state index in [4.69, 9.17) is 11.6 Å². The predicted molar refractivity (Wildman–Crippen MR) is 88.3 cm³/mol. The Balaban J connectivity index is 1.80. The molecule has 2 heterocycles. The standard InChI is InChI=1S/C16H31ClN4/c1-3-6-12-10-20(2)14-9-18-16(17)19-15(14)21(11-12)13-7-4-5-8-13/h12-16,18-19H,3-11H2,1-2H3. The first kappa shape index (κ1) is 16.0. The molecule has 0 aromatic carbocycles. The second kappa shape index (κ2) is 7.14. The van der Waals surface area contributed by atoms with E-state index >= 15 is 0 Å². The number of fused-ring (bicyclic) bond motifs is 1. The number of nitrogens with one attached hydrogen (secondary N) is 2. The number of likely N-dealkylation sites (N-methyl/N-ethyl adjacent to an activating group) is 1. The van der Waals surface area contributed by atoms with Crippen LogP contribution < -0.4 is 10.6 Å². The van der Waals surface area contributed by atoms with Gasteiger partial charge in [0.2, 0.25) is 0 Å². The summed E-state index contributed by atoms with van der Waals surface area (Å²) in [6.45, 7) is 5.76. The molecule has 3 rings (SSSR count). The molecule has 1 aliphatic carbocycles. The van der Waals surface area contributed by atoms with Gasteiger partial charge in [0, 0.05) is 25.7 Å². The molecule has 3 aliphatic rings. The maximum atomic E-state index is 6.34. The molecule has 4 unspecified atom stereocenters. The van der Waals surface area contributed by atoms with Crippen LogP contribution in [0.4, 0.5) is 0 Å². The minimum Gasteiger partial charge on any atom is -0.299 e. The normalized spacial score (nSPS) is 40.1. The molecule has 3 fully saturated rings. The van der Waals surface area contributed by atoms with Crippen LogP contribution in [-0.2, 0) is 0 Å². The largest absolute Gasteiger partial charge is 0.299 e. The Morgan fingerprint density at radius 1 is 1.19 bits per heavy atom. The van der Waals surface area contributed by atoms with Crippen molar-refractivity contribution in [3.05, 3.63) is 0 Å². The van der Waals surface area contributed by atoms with Crippen molar-refractivity contribution in [1.29, 1.82) is 0 Å². The van der Waals surface area contributed by atoms with Gasteiger partial charge in [-0.1, -0.05) is 37.8 Å². The lowest BCUT2D eigenvalue weighted by Gasteiger charge is -2.45. The van der Waals surface area contributed by atoms with Gasteiger partial charge in [0.25, 0.3) is 0 Å². The van der Waals surface area contributed by atoms with Crippen molar-refractivity contribution >= 4 is 11.6 Å². The molecule has 0 radical (unpaired) electrons. The van der Waals surface area contributed by atoms with E-state index < -0.39 is 0 Å². The summed E-state index contributed by atoms with van der Waals surface area (Å²) in [4.78, 5) is 5.33. The lowest BCUT2D eigenvalue weighted by atomic mass is 10.0. The van der Waals surface area contributed by atoms with E-state index in [2.05, 4.69) is 34.4 Å². The summed E-state index contributed by atoms with van der Waals surface area (Å²) in [5.41, 5.74) is -0.0914. The van der Waals surface area contributed by atoms with E-state index in [-0.39, 0.29) is 5.62 Å². The Morgan fingerprint density at radius 2 is 1.95 bits per heavy atom. The van der Waals surface area contributed by atoms with Crippen LogP contribution in [0.5, 0.6) is 0 Å². The van der Waals surface area contributed by atoms with Crippen LogP contribution in [0.1, 0.15) is 45.4 Å². The molecule has 0 bridgehead atoms. The fraction of sp³-hybridized carbons (Fsp3) is 1.00. The van der Waals surface area contributed by atoms with Gasteiger partial charge in [-0.25, -0.2) is 0 Å². The summed E-state index contributed by atoms with van der Waals surface area (Å²) in [6, 6.07) is 1.29. The topological polar surface area (TPSA) is 30.5 Å². The third kappa shape index (κ3) is 3.56. The molecule has 4 nitrogen and oxygen atoms in total. The van der Waals surface area contributed by atoms with E-state index in [1.807, 2.05) is 0 Å². The highest BCUT2D eigenvalue weighted by atomic mass is 35.5. The van der Waals surface area contributed by atoms with E-state index in [0.29, 0.717) is 12.2 Å². The lowest BCUT2D eigenvalue weighted by Crippen LogP contribution is -2.68. The van der Waals surface area contributed by atoms with E-state index in [1.54, 1.807) is 0 Å². The zero-order valence-electron chi connectivity index (χ0n) is 13.5. The van der Waals surface area contributed by atoms with Crippen molar-refractivity contribution in [3.8, 4) is 0 Å². The van der Waals surface area contributed by atoms with Gasteiger partial charge in [-0.3, -0.25) is 20.4 Å². The quantitative estimate of drug-likeness (QED) is 0.616. The predicted octanol–water partition coefficient (Wildman–Crippen LogP) is 2.00. The van der Waals surface area contributed by atoms with Gasteiger partial charge in [0.15, 0.2) is 0 Å². The van der Waals surface area contributed by atoms with Crippen LogP contribution in [0.2, 0.25) is 0 Å². The van der Waals surface area contributed by atoms with Crippen LogP contribution in [0.15, 0.2) is 0 Å². The van der Waals surface area contributed by atoms with Gasteiger partial charge in [-0.15, -0.1) is 0 Å². The first-order chi connectivity index (χ1) is 10.2. The number of hydrogen-bond acceptors (Lipinski definition) is 4. The van der Waals surface area contributed by atoms with Crippen molar-refractivity contribution in [2.45, 2.75) is 69.3 Å². The van der Waals surface area contributed by atoms with Crippen LogP contribution in [-0.4, -0.2) is 60.4 Å². The van der Waals surface area contributed by atoms with Gasteiger partial charge in [-0.2, -0.15) is 0 Å². The molecule has 0 spiro atoms. The molecule has 1 saturated carbocycles. The average molecular weight is 315 g/mol. The third-order valence-corrected chi connectivity index (χ3v) is 5.90. The fourth-order valence-corrected chi connectivity index (χ4v) is 4.80. The van der Waals surface area contributed by atoms with Crippen LogP contribution in [0, 0.1) is 5.92 Å². The van der Waals surface area contributed by atoms with Crippen LogP contribution in [0.3, 0.4) is 0 Å². The van der Waals surface area contributed by atoms with Crippen molar-refractivity contribution in [1.82, 2.24) is 20.4 Å². The van der Waals surface area contributed by atoms with Gasteiger partial charge >= 0.3 is 0 Å². The highest BCUT2D eigenvalue weighted by Gasteiger charge is 2.42. The Labute approximate surface area is 134 Å². The van der Waals surface area contributed by atoms with Crippen molar-refractivity contribution in [2.24, 2.45) is 5.92 Å². The van der Waals surface area contributed by atoms with Crippen molar-refractivity contribution in [2.75, 3.05) is 26.7 Å². The Kier molecular flexibility index (Phi) is 5.44. The lowest BCUT2D eigenvalue weighted by molar-refractivity contribution is 0.0419. The maximum Gasteiger partial charge on any atom is 0.136 e. The monoisotopic (exact) mass is 314 g/mol. The average Bonchev–Trinajstić information content (AvgIpc) is 2.94. The second-order valence-corrected chi connectivity index (χ2v) is 7.62. The zero-order chi connectivity index (χ0) is 14.8. The molecule has 4 atom stereocenters. The van der Waals surface area contributed by atoms with E-state index in [0.717, 1.165) is 18.5 Å². The molecule has 2 saturated heterocycles. The molecule has 0 aromatic heterocycles. The number of halogens is 1. The van der Waals surface area contributed by atoms with Gasteiger partial charge in [0.1, 0.15) is 5.62 Å². The van der Waals surface area contributed by atoms with Crippen molar-refractivity contribution in [3.63, 3.8) is 0 Å². The summed E-state index contributed by atoms with van der Waals surface area (Å²) in [7, 11) is 2.29. The number of hydrogen-bond donors (Lipinski definition) is 2. The first-order valence-corrected chi connectivity index (χ1v) is 9.22. The summed E-state index contributed by atoms with van der Waals surface area (Å²) < 4.78 is 0. The van der Waals surface area contributed by atoms with Crippen LogP contribution >= 0.6 is 11.6 Å². The maximum absolute atomic E-state index is 6.34. The zero-order valence-corrected chi connectivity index (χ0v) is 14.3.